The van der Waals surface area contributed by atoms with Crippen molar-refractivity contribution in [3.63, 3.8) is 0 Å². The molecule has 1 aliphatic rings. The van der Waals surface area contributed by atoms with Gasteiger partial charge in [0.2, 0.25) is 0 Å². The van der Waals surface area contributed by atoms with Crippen LogP contribution >= 0.6 is 0 Å². The van der Waals surface area contributed by atoms with Gasteiger partial charge in [-0.25, -0.2) is 0 Å². The van der Waals surface area contributed by atoms with Crippen LogP contribution in [0.4, 0.5) is 0 Å². The highest BCUT2D eigenvalue weighted by molar-refractivity contribution is 5.66. The summed E-state index contributed by atoms with van der Waals surface area (Å²) in [6.07, 6.45) is 11.7. The fraction of sp³-hybridized carbons (Fsp3) is 0.875. The molecule has 0 amide bonds. The van der Waals surface area contributed by atoms with Crippen LogP contribution in [-0.2, 0) is 4.79 Å². The molecule has 0 aromatic heterocycles. The van der Waals surface area contributed by atoms with E-state index in [0.29, 0.717) is 12.3 Å². The highest BCUT2D eigenvalue weighted by Crippen LogP contribution is 2.40. The zero-order valence-electron chi connectivity index (χ0n) is 18.3. The zero-order valence-corrected chi connectivity index (χ0v) is 18.3. The lowest BCUT2D eigenvalue weighted by molar-refractivity contribution is -0.138. The molecule has 0 radical (unpaired) electrons. The van der Waals surface area contributed by atoms with Crippen LogP contribution < -0.4 is 0 Å². The molecule has 0 aromatic carbocycles. The summed E-state index contributed by atoms with van der Waals surface area (Å²) < 4.78 is 0. The van der Waals surface area contributed by atoms with Crippen molar-refractivity contribution in [3.8, 4) is 0 Å². The Morgan fingerprint density at radius 1 is 1.04 bits per heavy atom. The second-order valence-electron chi connectivity index (χ2n) is 9.75. The summed E-state index contributed by atoms with van der Waals surface area (Å²) in [5.41, 5.74) is 3.59. The van der Waals surface area contributed by atoms with E-state index in [4.69, 9.17) is 5.11 Å². The summed E-state index contributed by atoms with van der Waals surface area (Å²) in [5, 5.41) is 8.89. The van der Waals surface area contributed by atoms with E-state index in [9.17, 15) is 4.79 Å². The zero-order chi connectivity index (χ0) is 19.7. The maximum atomic E-state index is 10.8. The lowest BCUT2D eigenvalue weighted by atomic mass is 9.72. The summed E-state index contributed by atoms with van der Waals surface area (Å²) in [4.78, 5) is 10.8. The lowest BCUT2D eigenvalue weighted by Gasteiger charge is -2.33. The van der Waals surface area contributed by atoms with Crippen molar-refractivity contribution in [2.45, 2.75) is 106 Å². The van der Waals surface area contributed by atoms with E-state index in [-0.39, 0.29) is 0 Å². The molecule has 0 bridgehead atoms. The minimum atomic E-state index is -0.660. The SMILES string of the molecule is CC(C)CCC1=C(CC(C)CCCC(C)CC(=O)O)CCCC1C(C)C. The van der Waals surface area contributed by atoms with Gasteiger partial charge in [-0.3, -0.25) is 4.79 Å². The maximum absolute atomic E-state index is 10.8. The Kier molecular flexibility index (Phi) is 10.6. The van der Waals surface area contributed by atoms with Crippen molar-refractivity contribution < 1.29 is 9.90 Å². The second-order valence-corrected chi connectivity index (χ2v) is 9.75. The first kappa shape index (κ1) is 23.2. The number of carboxylic acid groups (broad SMARTS) is 1. The van der Waals surface area contributed by atoms with E-state index in [0.717, 1.165) is 36.5 Å². The van der Waals surface area contributed by atoms with E-state index in [2.05, 4.69) is 41.5 Å². The van der Waals surface area contributed by atoms with Crippen molar-refractivity contribution in [2.24, 2.45) is 29.6 Å². The van der Waals surface area contributed by atoms with Crippen molar-refractivity contribution >= 4 is 5.97 Å². The summed E-state index contributed by atoms with van der Waals surface area (Å²) in [6, 6.07) is 0. The van der Waals surface area contributed by atoms with Crippen molar-refractivity contribution in [2.75, 3.05) is 0 Å². The van der Waals surface area contributed by atoms with Gasteiger partial charge in [0.1, 0.15) is 0 Å². The number of aliphatic carboxylic acids is 1. The molecule has 1 aliphatic carbocycles. The van der Waals surface area contributed by atoms with Gasteiger partial charge in [-0.05, 0) is 68.1 Å². The second kappa shape index (κ2) is 11.8. The highest BCUT2D eigenvalue weighted by Gasteiger charge is 2.26. The Labute approximate surface area is 162 Å². The number of hydrogen-bond donors (Lipinski definition) is 1. The van der Waals surface area contributed by atoms with Crippen LogP contribution in [-0.4, -0.2) is 11.1 Å². The third kappa shape index (κ3) is 8.73. The summed E-state index contributed by atoms with van der Waals surface area (Å²) in [6.45, 7) is 13.9. The van der Waals surface area contributed by atoms with Crippen LogP contribution in [0, 0.1) is 29.6 Å². The average Bonchev–Trinajstić information content (AvgIpc) is 2.52. The predicted octanol–water partition coefficient (Wildman–Crippen LogP) is 7.48. The molecule has 152 valence electrons. The Balaban J connectivity index is 2.62. The third-order valence-electron chi connectivity index (χ3n) is 6.20. The van der Waals surface area contributed by atoms with E-state index in [1.54, 1.807) is 5.57 Å². The van der Waals surface area contributed by atoms with Crippen LogP contribution in [0.3, 0.4) is 0 Å². The smallest absolute Gasteiger partial charge is 0.303 e. The van der Waals surface area contributed by atoms with Gasteiger partial charge in [-0.15, -0.1) is 0 Å². The monoisotopic (exact) mass is 364 g/mol. The molecule has 0 aliphatic heterocycles. The summed E-state index contributed by atoms with van der Waals surface area (Å²) >= 11 is 0. The van der Waals surface area contributed by atoms with Gasteiger partial charge in [0.15, 0.2) is 0 Å². The molecule has 2 heteroatoms. The fourth-order valence-corrected chi connectivity index (χ4v) is 4.65. The Hall–Kier alpha value is -0.790. The first-order valence-electron chi connectivity index (χ1n) is 11.1. The molecule has 0 fully saturated rings. The van der Waals surface area contributed by atoms with Crippen LogP contribution in [0.25, 0.3) is 0 Å². The number of rotatable bonds is 12. The molecule has 1 rings (SSSR count). The molecular weight excluding hydrogens is 320 g/mol. The van der Waals surface area contributed by atoms with E-state index in [1.807, 2.05) is 5.57 Å². The lowest BCUT2D eigenvalue weighted by Crippen LogP contribution is -2.19. The molecule has 0 saturated heterocycles. The average molecular weight is 365 g/mol. The molecule has 3 unspecified atom stereocenters. The fourth-order valence-electron chi connectivity index (χ4n) is 4.65. The molecule has 0 spiro atoms. The summed E-state index contributed by atoms with van der Waals surface area (Å²) in [7, 11) is 0. The molecular formula is C24H44O2. The molecule has 0 aromatic rings. The first-order chi connectivity index (χ1) is 12.2. The van der Waals surface area contributed by atoms with Crippen molar-refractivity contribution in [1.82, 2.24) is 0 Å². The van der Waals surface area contributed by atoms with Crippen molar-refractivity contribution in [3.05, 3.63) is 11.1 Å². The molecule has 0 heterocycles. The van der Waals surface area contributed by atoms with E-state index >= 15 is 0 Å². The molecule has 3 atom stereocenters. The molecule has 26 heavy (non-hydrogen) atoms. The van der Waals surface area contributed by atoms with Gasteiger partial charge in [0.05, 0.1) is 0 Å². The number of carbonyl (C=O) groups is 1. The van der Waals surface area contributed by atoms with Crippen LogP contribution in [0.2, 0.25) is 0 Å². The van der Waals surface area contributed by atoms with Gasteiger partial charge >= 0.3 is 5.97 Å². The van der Waals surface area contributed by atoms with Gasteiger partial charge in [0, 0.05) is 6.42 Å². The Bertz CT molecular complexity index is 447. The summed E-state index contributed by atoms with van der Waals surface area (Å²) in [5.74, 6) is 2.72. The molecule has 1 N–H and O–H groups in total. The van der Waals surface area contributed by atoms with Gasteiger partial charge < -0.3 is 5.11 Å². The standard InChI is InChI=1S/C24H44O2/c1-17(2)13-14-23-21(11-8-12-22(23)18(3)4)15-19(5)9-7-10-20(6)16-24(25)26/h17-20,22H,7-16H2,1-6H3,(H,25,26). The Morgan fingerprint density at radius 3 is 2.27 bits per heavy atom. The highest BCUT2D eigenvalue weighted by atomic mass is 16.4. The number of hydrogen-bond acceptors (Lipinski definition) is 1. The van der Waals surface area contributed by atoms with Gasteiger partial charge in [-0.1, -0.05) is 72.0 Å². The normalized spacial score (nSPS) is 20.7. The number of allylic oxidation sites excluding steroid dienone is 2. The van der Waals surface area contributed by atoms with E-state index in [1.165, 1.54) is 44.9 Å². The minimum Gasteiger partial charge on any atom is -0.481 e. The van der Waals surface area contributed by atoms with Crippen LogP contribution in [0.5, 0.6) is 0 Å². The number of carboxylic acids is 1. The largest absolute Gasteiger partial charge is 0.481 e. The van der Waals surface area contributed by atoms with Crippen LogP contribution in [0.1, 0.15) is 106 Å². The van der Waals surface area contributed by atoms with Gasteiger partial charge in [-0.2, -0.15) is 0 Å². The third-order valence-corrected chi connectivity index (χ3v) is 6.20. The van der Waals surface area contributed by atoms with Crippen molar-refractivity contribution in [1.29, 1.82) is 0 Å². The minimum absolute atomic E-state index is 0.306. The predicted molar refractivity (Wildman–Crippen MR) is 112 cm³/mol. The first-order valence-corrected chi connectivity index (χ1v) is 11.1. The molecule has 0 saturated carbocycles. The molecule has 2 nitrogen and oxygen atoms in total. The van der Waals surface area contributed by atoms with Gasteiger partial charge in [0.25, 0.3) is 0 Å². The quantitative estimate of drug-likeness (QED) is 0.364. The topological polar surface area (TPSA) is 37.3 Å². The maximum Gasteiger partial charge on any atom is 0.303 e. The van der Waals surface area contributed by atoms with E-state index < -0.39 is 5.97 Å². The Morgan fingerprint density at radius 2 is 1.69 bits per heavy atom. The van der Waals surface area contributed by atoms with Crippen LogP contribution in [0.15, 0.2) is 11.1 Å².